The van der Waals surface area contributed by atoms with Crippen LogP contribution in [0.3, 0.4) is 0 Å². The third kappa shape index (κ3) is 3.92. The van der Waals surface area contributed by atoms with Gasteiger partial charge in [-0.05, 0) is 18.4 Å². The maximum Gasteiger partial charge on any atom is 0.241 e. The first-order chi connectivity index (χ1) is 8.45. The van der Waals surface area contributed by atoms with Gasteiger partial charge in [0.15, 0.2) is 11.6 Å². The minimum atomic E-state index is -1.31. The van der Waals surface area contributed by atoms with Crippen molar-refractivity contribution in [3.8, 4) is 0 Å². The Kier molecular flexibility index (Phi) is 5.49. The molecule has 0 aliphatic carbocycles. The second-order valence-corrected chi connectivity index (χ2v) is 4.61. The molecular weight excluding hydrogens is 265 g/mol. The molecule has 1 aromatic rings. The zero-order valence-electron chi connectivity index (χ0n) is 9.67. The number of nitrogens with one attached hydrogen (secondary N) is 1. The highest BCUT2D eigenvalue weighted by atomic mass is 32.2. The maximum absolute atomic E-state index is 13.2. The van der Waals surface area contributed by atoms with Gasteiger partial charge in [-0.2, -0.15) is 11.8 Å². The van der Waals surface area contributed by atoms with Crippen molar-refractivity contribution in [2.24, 2.45) is 5.73 Å². The molecule has 1 amide bonds. The van der Waals surface area contributed by atoms with Crippen LogP contribution in [0, 0.1) is 17.5 Å². The minimum absolute atomic E-state index is 0.373. The van der Waals surface area contributed by atoms with Crippen molar-refractivity contribution in [2.75, 3.05) is 17.3 Å². The second kappa shape index (κ2) is 6.65. The predicted molar refractivity (Wildman–Crippen MR) is 65.9 cm³/mol. The van der Waals surface area contributed by atoms with Gasteiger partial charge in [0.05, 0.1) is 11.7 Å². The van der Waals surface area contributed by atoms with Crippen molar-refractivity contribution in [1.82, 2.24) is 0 Å². The highest BCUT2D eigenvalue weighted by molar-refractivity contribution is 7.98. The highest BCUT2D eigenvalue weighted by Gasteiger charge is 2.16. The SMILES string of the molecule is CSCC[C@H](N)C(=O)Nc1cc(F)c(F)cc1F. The lowest BCUT2D eigenvalue weighted by molar-refractivity contribution is -0.117. The van der Waals surface area contributed by atoms with E-state index in [2.05, 4.69) is 5.32 Å². The van der Waals surface area contributed by atoms with Crippen molar-refractivity contribution in [3.05, 3.63) is 29.6 Å². The van der Waals surface area contributed by atoms with Crippen LogP contribution in [0.1, 0.15) is 6.42 Å². The molecule has 0 saturated carbocycles. The molecule has 0 aliphatic heterocycles. The first-order valence-corrected chi connectivity index (χ1v) is 6.55. The lowest BCUT2D eigenvalue weighted by Gasteiger charge is -2.12. The number of hydrogen-bond donors (Lipinski definition) is 2. The van der Waals surface area contributed by atoms with E-state index in [1.807, 2.05) is 6.26 Å². The number of nitrogens with two attached hydrogens (primary N) is 1. The fourth-order valence-electron chi connectivity index (χ4n) is 1.22. The van der Waals surface area contributed by atoms with Crippen molar-refractivity contribution in [2.45, 2.75) is 12.5 Å². The van der Waals surface area contributed by atoms with Gasteiger partial charge in [-0.15, -0.1) is 0 Å². The summed E-state index contributed by atoms with van der Waals surface area (Å²) in [5.74, 6) is -3.54. The summed E-state index contributed by atoms with van der Waals surface area (Å²) in [5.41, 5.74) is 5.14. The van der Waals surface area contributed by atoms with Gasteiger partial charge in [0.2, 0.25) is 5.91 Å². The van der Waals surface area contributed by atoms with E-state index in [-0.39, 0.29) is 0 Å². The normalized spacial score (nSPS) is 12.3. The quantitative estimate of drug-likeness (QED) is 0.811. The summed E-state index contributed by atoms with van der Waals surface area (Å²) in [5, 5.41) is 2.13. The minimum Gasteiger partial charge on any atom is -0.322 e. The maximum atomic E-state index is 13.2. The van der Waals surface area contributed by atoms with Crippen molar-refractivity contribution >= 4 is 23.4 Å². The molecule has 0 fully saturated rings. The molecule has 0 unspecified atom stereocenters. The topological polar surface area (TPSA) is 55.1 Å². The van der Waals surface area contributed by atoms with Crippen LogP contribution in [0.15, 0.2) is 12.1 Å². The first-order valence-electron chi connectivity index (χ1n) is 5.15. The van der Waals surface area contributed by atoms with Crippen LogP contribution in [0.25, 0.3) is 0 Å². The fraction of sp³-hybridized carbons (Fsp3) is 0.364. The zero-order valence-corrected chi connectivity index (χ0v) is 10.5. The molecule has 18 heavy (non-hydrogen) atoms. The third-order valence-corrected chi connectivity index (χ3v) is 2.88. The second-order valence-electron chi connectivity index (χ2n) is 3.62. The van der Waals surface area contributed by atoms with Crippen LogP contribution >= 0.6 is 11.8 Å². The summed E-state index contributed by atoms with van der Waals surface area (Å²) in [6.07, 6.45) is 2.28. The van der Waals surface area contributed by atoms with E-state index < -0.39 is 35.1 Å². The van der Waals surface area contributed by atoms with Crippen LogP contribution in [0.5, 0.6) is 0 Å². The molecule has 1 aromatic carbocycles. The Morgan fingerprint density at radius 1 is 1.33 bits per heavy atom. The van der Waals surface area contributed by atoms with Crippen molar-refractivity contribution in [1.29, 1.82) is 0 Å². The van der Waals surface area contributed by atoms with Crippen molar-refractivity contribution < 1.29 is 18.0 Å². The Labute approximate surface area is 107 Å². The number of thioether (sulfide) groups is 1. The lowest BCUT2D eigenvalue weighted by Crippen LogP contribution is -2.36. The largest absolute Gasteiger partial charge is 0.322 e. The lowest BCUT2D eigenvalue weighted by atomic mass is 10.2. The molecule has 0 aromatic heterocycles. The molecule has 3 nitrogen and oxygen atoms in total. The number of rotatable bonds is 5. The summed E-state index contributed by atoms with van der Waals surface area (Å²) in [6, 6.07) is 0.146. The molecule has 0 saturated heterocycles. The van der Waals surface area contributed by atoms with E-state index in [9.17, 15) is 18.0 Å². The van der Waals surface area contributed by atoms with Gasteiger partial charge in [0, 0.05) is 12.1 Å². The van der Waals surface area contributed by atoms with Crippen LogP contribution < -0.4 is 11.1 Å². The fourth-order valence-corrected chi connectivity index (χ4v) is 1.71. The van der Waals surface area contributed by atoms with E-state index in [0.29, 0.717) is 24.3 Å². The van der Waals surface area contributed by atoms with Crippen LogP contribution in [0.4, 0.5) is 18.9 Å². The number of anilines is 1. The van der Waals surface area contributed by atoms with E-state index in [1.165, 1.54) is 11.8 Å². The molecule has 1 rings (SSSR count). The third-order valence-electron chi connectivity index (χ3n) is 2.24. The Morgan fingerprint density at radius 3 is 2.56 bits per heavy atom. The standard InChI is InChI=1S/C11H13F3N2OS/c1-18-3-2-9(15)11(17)16-10-5-7(13)6(12)4-8(10)14/h4-5,9H,2-3,15H2,1H3,(H,16,17)/t9-/m0/s1. The number of amides is 1. The van der Waals surface area contributed by atoms with E-state index in [4.69, 9.17) is 5.73 Å². The number of carbonyl (C=O) groups is 1. The summed E-state index contributed by atoms with van der Waals surface area (Å²) >= 11 is 1.52. The van der Waals surface area contributed by atoms with Crippen molar-refractivity contribution in [3.63, 3.8) is 0 Å². The molecule has 0 radical (unpaired) electrons. The Morgan fingerprint density at radius 2 is 1.94 bits per heavy atom. The number of hydrogen-bond acceptors (Lipinski definition) is 3. The van der Waals surface area contributed by atoms with E-state index in [1.54, 1.807) is 0 Å². The average molecular weight is 278 g/mol. The van der Waals surface area contributed by atoms with Gasteiger partial charge in [-0.25, -0.2) is 13.2 Å². The zero-order chi connectivity index (χ0) is 13.7. The van der Waals surface area contributed by atoms with Crippen LogP contribution in [0.2, 0.25) is 0 Å². The summed E-state index contributed by atoms with van der Waals surface area (Å²) < 4.78 is 38.8. The van der Waals surface area contributed by atoms with Crippen LogP contribution in [-0.2, 0) is 4.79 Å². The molecule has 0 heterocycles. The smallest absolute Gasteiger partial charge is 0.241 e. The van der Waals surface area contributed by atoms with E-state index >= 15 is 0 Å². The van der Waals surface area contributed by atoms with Gasteiger partial charge >= 0.3 is 0 Å². The monoisotopic (exact) mass is 278 g/mol. The number of carbonyl (C=O) groups excluding carboxylic acids is 1. The summed E-state index contributed by atoms with van der Waals surface area (Å²) in [6.45, 7) is 0. The van der Waals surface area contributed by atoms with Crippen LogP contribution in [-0.4, -0.2) is 24.0 Å². The van der Waals surface area contributed by atoms with Gasteiger partial charge in [0.25, 0.3) is 0 Å². The molecule has 0 bridgehead atoms. The average Bonchev–Trinajstić information content (AvgIpc) is 2.32. The molecule has 0 spiro atoms. The molecule has 1 atom stereocenters. The first kappa shape index (κ1) is 14.8. The molecular formula is C11H13F3N2OS. The predicted octanol–water partition coefficient (Wildman–Crippen LogP) is 2.12. The van der Waals surface area contributed by atoms with Gasteiger partial charge in [-0.1, -0.05) is 0 Å². The highest BCUT2D eigenvalue weighted by Crippen LogP contribution is 2.18. The number of benzene rings is 1. The molecule has 100 valence electrons. The van der Waals surface area contributed by atoms with Gasteiger partial charge < -0.3 is 11.1 Å². The molecule has 3 N–H and O–H groups in total. The van der Waals surface area contributed by atoms with E-state index in [0.717, 1.165) is 0 Å². The Balaban J connectivity index is 2.72. The van der Waals surface area contributed by atoms with Gasteiger partial charge in [-0.3, -0.25) is 4.79 Å². The Hall–Kier alpha value is -1.21. The Bertz CT molecular complexity index is 443. The van der Waals surface area contributed by atoms with Gasteiger partial charge in [0.1, 0.15) is 5.82 Å². The molecule has 7 heteroatoms. The molecule has 0 aliphatic rings. The summed E-state index contributed by atoms with van der Waals surface area (Å²) in [7, 11) is 0. The number of halogens is 3. The summed E-state index contributed by atoms with van der Waals surface area (Å²) in [4.78, 5) is 11.5.